The van der Waals surface area contributed by atoms with Crippen molar-refractivity contribution in [2.24, 2.45) is 16.8 Å². The number of allylic oxidation sites excluding steroid dienone is 1. The minimum absolute atomic E-state index is 0.0748. The number of aliphatic imine (C=N–C) groups is 1. The maximum atomic E-state index is 13.1. The fraction of sp³-hybridized carbons (Fsp3) is 0.472. The van der Waals surface area contributed by atoms with Gasteiger partial charge < -0.3 is 14.5 Å². The number of methoxy groups -OCH3 is 1. The highest BCUT2D eigenvalue weighted by Gasteiger charge is 2.40. The summed E-state index contributed by atoms with van der Waals surface area (Å²) in [6, 6.07) is 17.3. The lowest BCUT2D eigenvalue weighted by Gasteiger charge is -2.28. The van der Waals surface area contributed by atoms with E-state index in [1.807, 2.05) is 38.1 Å². The van der Waals surface area contributed by atoms with E-state index in [0.717, 1.165) is 47.1 Å². The number of nitrogens with zero attached hydrogens (tertiary/aromatic N) is 3. The van der Waals surface area contributed by atoms with Crippen LogP contribution in [0, 0.1) is 11.8 Å². The van der Waals surface area contributed by atoms with Gasteiger partial charge in [0.05, 0.1) is 24.5 Å². The van der Waals surface area contributed by atoms with Crippen LogP contribution < -0.4 is 0 Å². The normalized spacial score (nSPS) is 23.9. The Morgan fingerprint density at radius 1 is 0.977 bits per heavy atom. The summed E-state index contributed by atoms with van der Waals surface area (Å²) in [6.45, 7) is 9.28. The molecule has 1 amide bonds. The Morgan fingerprint density at radius 3 is 2.28 bits per heavy atom. The minimum Gasteiger partial charge on any atom is -0.444 e. The Balaban J connectivity index is 1.09. The van der Waals surface area contributed by atoms with E-state index < -0.39 is 5.60 Å². The second-order valence-corrected chi connectivity index (χ2v) is 13.6. The van der Waals surface area contributed by atoms with E-state index in [1.165, 1.54) is 36.0 Å². The summed E-state index contributed by atoms with van der Waals surface area (Å²) in [5.74, 6) is 2.76. The average Bonchev–Trinajstić information content (AvgIpc) is 3.79. The first-order valence-electron chi connectivity index (χ1n) is 15.7. The van der Waals surface area contributed by atoms with Gasteiger partial charge in [0.1, 0.15) is 11.4 Å². The third-order valence-electron chi connectivity index (χ3n) is 9.02. The van der Waals surface area contributed by atoms with Crippen molar-refractivity contribution in [3.63, 3.8) is 0 Å². The van der Waals surface area contributed by atoms with Crippen LogP contribution in [-0.2, 0) is 9.47 Å². The predicted molar refractivity (Wildman–Crippen MR) is 172 cm³/mol. The molecular formula is C36H44N4O3. The molecule has 1 N–H and O–H groups in total. The molecule has 6 rings (SSSR count). The Morgan fingerprint density at radius 2 is 1.65 bits per heavy atom. The average molecular weight is 581 g/mol. The van der Waals surface area contributed by atoms with Crippen molar-refractivity contribution in [3.8, 4) is 22.4 Å². The van der Waals surface area contributed by atoms with Crippen molar-refractivity contribution >= 4 is 17.4 Å². The maximum Gasteiger partial charge on any atom is 0.410 e. The number of carbonyl (C=O) groups excluding carboxylic acids is 1. The first kappa shape index (κ1) is 29.4. The minimum atomic E-state index is -0.541. The molecule has 1 aromatic heterocycles. The van der Waals surface area contributed by atoms with Crippen LogP contribution in [0.15, 0.2) is 65.9 Å². The molecule has 43 heavy (non-hydrogen) atoms. The fourth-order valence-electron chi connectivity index (χ4n) is 6.81. The van der Waals surface area contributed by atoms with Gasteiger partial charge in [-0.05, 0) is 80.2 Å². The standard InChI is InChI=1S/C36H44N4O3/c1-23-6-7-29(16-23)34-38-20-32(39-34)28-14-12-26(13-15-28)25-8-10-27(11-9-25)30-18-31(37-19-30)33-17-24(22-42-5)21-40(33)35(41)43-36(2,3)4/h8-15,19-20,23-24,29,33H,6-7,16-18,21-22H2,1-5H3,(H,38,39)/t23-,24-,29+,33-/m0/s1. The molecule has 2 fully saturated rings. The Bertz CT molecular complexity index is 1500. The van der Waals surface area contributed by atoms with E-state index in [9.17, 15) is 4.79 Å². The van der Waals surface area contributed by atoms with E-state index in [4.69, 9.17) is 19.5 Å². The van der Waals surface area contributed by atoms with Crippen molar-refractivity contribution < 1.29 is 14.3 Å². The highest BCUT2D eigenvalue weighted by atomic mass is 16.6. The van der Waals surface area contributed by atoms with Crippen molar-refractivity contribution in [3.05, 3.63) is 72.3 Å². The molecular weight excluding hydrogens is 536 g/mol. The molecule has 2 aliphatic heterocycles. The van der Waals surface area contributed by atoms with Crippen LogP contribution in [0.1, 0.15) is 77.1 Å². The second-order valence-electron chi connectivity index (χ2n) is 13.6. The SMILES string of the molecule is COC[C@H]1C[C@@H](C2=NC=C(c3ccc(-c4ccc(-c5cnc([C@@H]6CC[C@H](C)C6)[nH]5)cc4)cc3)C2)N(C(=O)OC(C)(C)C)C1. The number of ether oxygens (including phenoxy) is 2. The summed E-state index contributed by atoms with van der Waals surface area (Å²) in [4.78, 5) is 28.0. The number of aromatic nitrogens is 2. The van der Waals surface area contributed by atoms with Crippen molar-refractivity contribution in [1.82, 2.24) is 14.9 Å². The number of H-pyrrole nitrogens is 1. The second kappa shape index (κ2) is 12.1. The van der Waals surface area contributed by atoms with Crippen molar-refractivity contribution in [1.29, 1.82) is 0 Å². The van der Waals surface area contributed by atoms with Gasteiger partial charge in [-0.25, -0.2) is 9.78 Å². The van der Waals surface area contributed by atoms with Gasteiger partial charge in [-0.1, -0.05) is 55.5 Å². The molecule has 2 aromatic carbocycles. The van der Waals surface area contributed by atoms with Crippen LogP contribution in [0.25, 0.3) is 28.0 Å². The lowest BCUT2D eigenvalue weighted by molar-refractivity contribution is 0.0252. The van der Waals surface area contributed by atoms with Crippen LogP contribution in [0.4, 0.5) is 4.79 Å². The van der Waals surface area contributed by atoms with Crippen LogP contribution >= 0.6 is 0 Å². The molecule has 226 valence electrons. The molecule has 4 atom stereocenters. The van der Waals surface area contributed by atoms with Gasteiger partial charge >= 0.3 is 6.09 Å². The first-order valence-corrected chi connectivity index (χ1v) is 15.7. The summed E-state index contributed by atoms with van der Waals surface area (Å²) in [7, 11) is 1.71. The Hall–Kier alpha value is -3.71. The summed E-state index contributed by atoms with van der Waals surface area (Å²) in [5.41, 5.74) is 7.40. The number of carbonyl (C=O) groups is 1. The van der Waals surface area contributed by atoms with Gasteiger partial charge in [0, 0.05) is 43.8 Å². The Kier molecular flexibility index (Phi) is 8.27. The van der Waals surface area contributed by atoms with E-state index >= 15 is 0 Å². The zero-order valence-corrected chi connectivity index (χ0v) is 26.1. The smallest absolute Gasteiger partial charge is 0.410 e. The predicted octanol–water partition coefficient (Wildman–Crippen LogP) is 8.10. The van der Waals surface area contributed by atoms with Gasteiger partial charge in [-0.3, -0.25) is 9.89 Å². The fourth-order valence-corrected chi connectivity index (χ4v) is 6.81. The lowest BCUT2D eigenvalue weighted by Crippen LogP contribution is -2.43. The van der Waals surface area contributed by atoms with Gasteiger partial charge in [-0.15, -0.1) is 0 Å². The molecule has 3 aromatic rings. The molecule has 3 aliphatic rings. The van der Waals surface area contributed by atoms with E-state index in [0.29, 0.717) is 19.1 Å². The van der Waals surface area contributed by atoms with Gasteiger partial charge in [0.2, 0.25) is 0 Å². The molecule has 0 spiro atoms. The molecule has 3 heterocycles. The van der Waals surface area contributed by atoms with Gasteiger partial charge in [0.15, 0.2) is 0 Å². The zero-order chi connectivity index (χ0) is 30.1. The topological polar surface area (TPSA) is 79.8 Å². The summed E-state index contributed by atoms with van der Waals surface area (Å²) >= 11 is 0. The number of hydrogen-bond donors (Lipinski definition) is 1. The van der Waals surface area contributed by atoms with Crippen LogP contribution in [0.3, 0.4) is 0 Å². The number of hydrogen-bond acceptors (Lipinski definition) is 5. The Labute approximate surface area is 255 Å². The number of rotatable bonds is 7. The molecule has 1 saturated heterocycles. The number of nitrogens with one attached hydrogen (secondary N) is 1. The summed E-state index contributed by atoms with van der Waals surface area (Å²) < 4.78 is 11.2. The molecule has 1 saturated carbocycles. The number of likely N-dealkylation sites (tertiary alicyclic amines) is 1. The largest absolute Gasteiger partial charge is 0.444 e. The monoisotopic (exact) mass is 580 g/mol. The van der Waals surface area contributed by atoms with Gasteiger partial charge in [0.25, 0.3) is 0 Å². The molecule has 0 bridgehead atoms. The van der Waals surface area contributed by atoms with Gasteiger partial charge in [-0.2, -0.15) is 0 Å². The summed E-state index contributed by atoms with van der Waals surface area (Å²) in [5, 5.41) is 0. The molecule has 7 nitrogen and oxygen atoms in total. The maximum absolute atomic E-state index is 13.1. The first-order chi connectivity index (χ1) is 20.7. The molecule has 0 unspecified atom stereocenters. The third-order valence-corrected chi connectivity index (χ3v) is 9.02. The molecule has 0 radical (unpaired) electrons. The zero-order valence-electron chi connectivity index (χ0n) is 26.1. The van der Waals surface area contributed by atoms with E-state index in [2.05, 4.69) is 60.4 Å². The third kappa shape index (κ3) is 6.62. The number of benzene rings is 2. The van der Waals surface area contributed by atoms with Crippen molar-refractivity contribution in [2.45, 2.75) is 77.4 Å². The highest BCUT2D eigenvalue weighted by molar-refractivity contribution is 6.03. The van der Waals surface area contributed by atoms with Crippen molar-refractivity contribution in [2.75, 3.05) is 20.3 Å². The molecule has 1 aliphatic carbocycles. The van der Waals surface area contributed by atoms with Crippen LogP contribution in [-0.4, -0.2) is 58.6 Å². The quantitative estimate of drug-likeness (QED) is 0.306. The van der Waals surface area contributed by atoms with Crippen LogP contribution in [0.5, 0.6) is 0 Å². The number of aromatic amines is 1. The van der Waals surface area contributed by atoms with E-state index in [1.54, 1.807) is 7.11 Å². The lowest BCUT2D eigenvalue weighted by atomic mass is 9.95. The number of imidazole rings is 1. The number of amides is 1. The van der Waals surface area contributed by atoms with Crippen LogP contribution in [0.2, 0.25) is 0 Å². The van der Waals surface area contributed by atoms with E-state index in [-0.39, 0.29) is 18.1 Å². The molecule has 7 heteroatoms. The summed E-state index contributed by atoms with van der Waals surface area (Å²) in [6.07, 6.45) is 8.97. The highest BCUT2D eigenvalue weighted by Crippen LogP contribution is 2.38.